The number of guanidine groups is 1. The highest BCUT2D eigenvalue weighted by Gasteiger charge is 2.28. The van der Waals surface area contributed by atoms with E-state index in [0.717, 1.165) is 30.8 Å². The van der Waals surface area contributed by atoms with Gasteiger partial charge in [-0.2, -0.15) is 0 Å². The zero-order valence-electron chi connectivity index (χ0n) is 19.9. The molecule has 2 aliphatic heterocycles. The highest BCUT2D eigenvalue weighted by atomic mass is 16.3. The lowest BCUT2D eigenvalue weighted by molar-refractivity contribution is 0.163. The largest absolute Gasteiger partial charge is 0.506 e. The lowest BCUT2D eigenvalue weighted by Gasteiger charge is -2.38. The standard InChI is InChI=1S/C26H42N4O/c1-26(2,3)20-11-12-24(31)23(19-20)28-25(27-21-9-5-4-6-10-21)30-17-13-22(14-18-30)29-15-7-8-16-29/h11-12,19,21-22,31H,4-10,13-18H2,1-3H3,(H,27,28). The summed E-state index contributed by atoms with van der Waals surface area (Å²) < 4.78 is 0. The van der Waals surface area contributed by atoms with Gasteiger partial charge in [-0.15, -0.1) is 0 Å². The predicted octanol–water partition coefficient (Wildman–Crippen LogP) is 5.35. The van der Waals surface area contributed by atoms with Gasteiger partial charge in [-0.3, -0.25) is 0 Å². The number of nitrogens with zero attached hydrogens (tertiary/aromatic N) is 3. The summed E-state index contributed by atoms with van der Waals surface area (Å²) in [6.45, 7) is 11.3. The number of aliphatic imine (C=N–C) groups is 1. The molecular weight excluding hydrogens is 384 g/mol. The third-order valence-corrected chi connectivity index (χ3v) is 7.41. The maximum atomic E-state index is 10.6. The quantitative estimate of drug-likeness (QED) is 0.389. The Kier molecular flexibility index (Phi) is 7.10. The van der Waals surface area contributed by atoms with Gasteiger partial charge >= 0.3 is 0 Å². The SMILES string of the molecule is CC(C)(C)c1ccc(O)c(NC(=NC2CCCCC2)N2CCC(N3CCCC3)CC2)c1. The number of aromatic hydroxyl groups is 1. The van der Waals surface area contributed by atoms with Crippen LogP contribution in [0.3, 0.4) is 0 Å². The van der Waals surface area contributed by atoms with E-state index in [-0.39, 0.29) is 5.41 Å². The normalized spacial score (nSPS) is 22.8. The van der Waals surface area contributed by atoms with E-state index in [0.29, 0.717) is 11.8 Å². The molecule has 0 atom stereocenters. The Bertz CT molecular complexity index is 749. The van der Waals surface area contributed by atoms with Crippen molar-refractivity contribution in [2.75, 3.05) is 31.5 Å². The molecule has 5 nitrogen and oxygen atoms in total. The number of phenolic OH excluding ortho intramolecular Hbond substituents is 1. The Morgan fingerprint density at radius 3 is 2.26 bits per heavy atom. The van der Waals surface area contributed by atoms with Crippen molar-refractivity contribution in [1.29, 1.82) is 0 Å². The number of phenols is 1. The number of nitrogens with one attached hydrogen (secondary N) is 1. The Hall–Kier alpha value is -1.75. The van der Waals surface area contributed by atoms with Gasteiger partial charge in [-0.05, 0) is 74.7 Å². The molecule has 5 heteroatoms. The first-order chi connectivity index (χ1) is 14.9. The molecule has 172 valence electrons. The molecule has 1 aliphatic carbocycles. The van der Waals surface area contributed by atoms with E-state index in [9.17, 15) is 5.11 Å². The van der Waals surface area contributed by atoms with E-state index in [4.69, 9.17) is 4.99 Å². The minimum Gasteiger partial charge on any atom is -0.506 e. The van der Waals surface area contributed by atoms with Crippen molar-refractivity contribution in [3.8, 4) is 5.75 Å². The maximum absolute atomic E-state index is 10.6. The molecule has 0 unspecified atom stereocenters. The fraction of sp³-hybridized carbons (Fsp3) is 0.731. The van der Waals surface area contributed by atoms with Gasteiger partial charge in [-0.1, -0.05) is 46.1 Å². The Morgan fingerprint density at radius 1 is 0.935 bits per heavy atom. The third-order valence-electron chi connectivity index (χ3n) is 7.41. The van der Waals surface area contributed by atoms with Gasteiger partial charge in [0, 0.05) is 19.1 Å². The number of benzene rings is 1. The zero-order chi connectivity index (χ0) is 21.8. The summed E-state index contributed by atoms with van der Waals surface area (Å²) in [5.41, 5.74) is 2.04. The first-order valence-corrected chi connectivity index (χ1v) is 12.6. The van der Waals surface area contributed by atoms with Crippen LogP contribution in [0, 0.1) is 0 Å². The minimum absolute atomic E-state index is 0.0406. The van der Waals surface area contributed by atoms with E-state index in [1.54, 1.807) is 0 Å². The average Bonchev–Trinajstić information content (AvgIpc) is 3.30. The topological polar surface area (TPSA) is 51.1 Å². The van der Waals surface area contributed by atoms with Crippen LogP contribution in [-0.2, 0) is 5.41 Å². The number of hydrogen-bond donors (Lipinski definition) is 2. The molecule has 2 N–H and O–H groups in total. The van der Waals surface area contributed by atoms with Gasteiger partial charge in [0.15, 0.2) is 5.96 Å². The van der Waals surface area contributed by atoms with E-state index in [1.807, 2.05) is 12.1 Å². The van der Waals surface area contributed by atoms with Crippen molar-refractivity contribution in [3.05, 3.63) is 23.8 Å². The summed E-state index contributed by atoms with van der Waals surface area (Å²) in [6, 6.07) is 7.08. The number of anilines is 1. The summed E-state index contributed by atoms with van der Waals surface area (Å²) in [7, 11) is 0. The van der Waals surface area contributed by atoms with Crippen LogP contribution in [0.1, 0.15) is 84.1 Å². The molecular formula is C26H42N4O. The van der Waals surface area contributed by atoms with Crippen molar-refractivity contribution >= 4 is 11.6 Å². The van der Waals surface area contributed by atoms with Gasteiger partial charge in [0.2, 0.25) is 0 Å². The first kappa shape index (κ1) is 22.4. The summed E-state index contributed by atoms with van der Waals surface area (Å²) in [6.07, 6.45) is 11.4. The molecule has 1 saturated carbocycles. The Labute approximate surface area is 188 Å². The fourth-order valence-electron chi connectivity index (χ4n) is 5.35. The van der Waals surface area contributed by atoms with E-state index in [1.165, 1.54) is 76.4 Å². The molecule has 1 aromatic carbocycles. The van der Waals surface area contributed by atoms with Crippen LogP contribution in [0.15, 0.2) is 23.2 Å². The molecule has 31 heavy (non-hydrogen) atoms. The van der Waals surface area contributed by atoms with Gasteiger partial charge < -0.3 is 20.2 Å². The van der Waals surface area contributed by atoms with Gasteiger partial charge in [0.25, 0.3) is 0 Å². The summed E-state index contributed by atoms with van der Waals surface area (Å²) >= 11 is 0. The van der Waals surface area contributed by atoms with Crippen molar-refractivity contribution in [2.24, 2.45) is 4.99 Å². The van der Waals surface area contributed by atoms with Gasteiger partial charge in [0.1, 0.15) is 5.75 Å². The van der Waals surface area contributed by atoms with Crippen LogP contribution in [0.5, 0.6) is 5.75 Å². The smallest absolute Gasteiger partial charge is 0.198 e. The summed E-state index contributed by atoms with van der Waals surface area (Å²) in [4.78, 5) is 10.3. The number of likely N-dealkylation sites (tertiary alicyclic amines) is 2. The fourth-order valence-corrected chi connectivity index (χ4v) is 5.35. The lowest BCUT2D eigenvalue weighted by Crippen LogP contribution is -2.48. The van der Waals surface area contributed by atoms with Crippen LogP contribution >= 0.6 is 0 Å². The molecule has 1 aromatic rings. The van der Waals surface area contributed by atoms with Crippen LogP contribution in [0.2, 0.25) is 0 Å². The monoisotopic (exact) mass is 426 g/mol. The maximum Gasteiger partial charge on any atom is 0.198 e. The number of piperidine rings is 1. The van der Waals surface area contributed by atoms with Crippen molar-refractivity contribution < 1.29 is 5.11 Å². The summed E-state index contributed by atoms with van der Waals surface area (Å²) in [5.74, 6) is 1.27. The molecule has 3 fully saturated rings. The molecule has 2 saturated heterocycles. The molecule has 0 spiro atoms. The average molecular weight is 427 g/mol. The molecule has 4 rings (SSSR count). The first-order valence-electron chi connectivity index (χ1n) is 12.6. The second kappa shape index (κ2) is 9.81. The van der Waals surface area contributed by atoms with Crippen molar-refractivity contribution in [3.63, 3.8) is 0 Å². The van der Waals surface area contributed by atoms with Gasteiger partial charge in [-0.25, -0.2) is 4.99 Å². The summed E-state index contributed by atoms with van der Waals surface area (Å²) in [5, 5.41) is 14.2. The lowest BCUT2D eigenvalue weighted by atomic mass is 9.87. The van der Waals surface area contributed by atoms with E-state index < -0.39 is 0 Å². The van der Waals surface area contributed by atoms with E-state index >= 15 is 0 Å². The molecule has 3 aliphatic rings. The van der Waals surface area contributed by atoms with E-state index in [2.05, 4.69) is 42.0 Å². The zero-order valence-corrected chi connectivity index (χ0v) is 19.9. The highest BCUT2D eigenvalue weighted by Crippen LogP contribution is 2.32. The van der Waals surface area contributed by atoms with Crippen LogP contribution in [-0.4, -0.2) is 59.1 Å². The van der Waals surface area contributed by atoms with Crippen LogP contribution in [0.4, 0.5) is 5.69 Å². The molecule has 0 aromatic heterocycles. The van der Waals surface area contributed by atoms with Crippen LogP contribution in [0.25, 0.3) is 0 Å². The Balaban J connectivity index is 1.52. The second-order valence-electron chi connectivity index (χ2n) is 10.8. The number of hydrogen-bond acceptors (Lipinski definition) is 3. The highest BCUT2D eigenvalue weighted by molar-refractivity contribution is 5.95. The van der Waals surface area contributed by atoms with Crippen molar-refractivity contribution in [1.82, 2.24) is 9.80 Å². The van der Waals surface area contributed by atoms with Crippen molar-refractivity contribution in [2.45, 2.75) is 96.1 Å². The number of rotatable bonds is 3. The molecule has 0 radical (unpaired) electrons. The molecule has 0 bridgehead atoms. The minimum atomic E-state index is 0.0406. The van der Waals surface area contributed by atoms with Gasteiger partial charge in [0.05, 0.1) is 11.7 Å². The van der Waals surface area contributed by atoms with Crippen LogP contribution < -0.4 is 5.32 Å². The third kappa shape index (κ3) is 5.74. The Morgan fingerprint density at radius 2 is 1.61 bits per heavy atom. The second-order valence-corrected chi connectivity index (χ2v) is 10.8. The molecule has 0 amide bonds. The predicted molar refractivity (Wildman–Crippen MR) is 130 cm³/mol. The molecule has 2 heterocycles.